The number of likely N-dealkylation sites (N-methyl/N-ethyl adjacent to an activating group) is 1. The Morgan fingerprint density at radius 2 is 1.65 bits per heavy atom. The van der Waals surface area contributed by atoms with E-state index in [2.05, 4.69) is 58.6 Å². The van der Waals surface area contributed by atoms with E-state index >= 15 is 0 Å². The molecular formula is C14H28N6. The first kappa shape index (κ1) is 16.7. The van der Waals surface area contributed by atoms with E-state index in [1.165, 1.54) is 0 Å². The number of aryl methyl sites for hydroxylation is 1. The Balaban J connectivity index is 2.44. The van der Waals surface area contributed by atoms with E-state index in [1.807, 2.05) is 13.0 Å². The first-order chi connectivity index (χ1) is 9.47. The Morgan fingerprint density at radius 1 is 0.950 bits per heavy atom. The average Bonchev–Trinajstić information content (AvgIpc) is 2.33. The first-order valence-electron chi connectivity index (χ1n) is 7.10. The number of hydrogen-bond donors (Lipinski definition) is 2. The van der Waals surface area contributed by atoms with Crippen molar-refractivity contribution in [3.05, 3.63) is 11.8 Å². The van der Waals surface area contributed by atoms with Crippen LogP contribution in [0.5, 0.6) is 0 Å². The number of aromatic nitrogens is 2. The summed E-state index contributed by atoms with van der Waals surface area (Å²) >= 11 is 0. The molecule has 0 aromatic carbocycles. The van der Waals surface area contributed by atoms with Crippen molar-refractivity contribution in [1.82, 2.24) is 19.8 Å². The van der Waals surface area contributed by atoms with Crippen molar-refractivity contribution >= 4 is 11.8 Å². The van der Waals surface area contributed by atoms with E-state index < -0.39 is 0 Å². The zero-order chi connectivity index (χ0) is 15.0. The van der Waals surface area contributed by atoms with Crippen LogP contribution in [0.2, 0.25) is 0 Å². The Morgan fingerprint density at radius 3 is 2.30 bits per heavy atom. The van der Waals surface area contributed by atoms with Gasteiger partial charge >= 0.3 is 0 Å². The molecule has 0 atom stereocenters. The summed E-state index contributed by atoms with van der Waals surface area (Å²) in [5, 5.41) is 6.61. The molecule has 0 aliphatic rings. The van der Waals surface area contributed by atoms with E-state index in [0.29, 0.717) is 5.95 Å². The Hall–Kier alpha value is -1.40. The SMILES string of the molecule is Cc1cc(NCCCN(C)C)nc(NCCN(C)C)n1. The lowest BCUT2D eigenvalue weighted by Gasteiger charge is -2.13. The maximum absolute atomic E-state index is 4.48. The predicted octanol–water partition coefficient (Wildman–Crippen LogP) is 1.12. The molecule has 1 rings (SSSR count). The fourth-order valence-corrected chi connectivity index (χ4v) is 1.74. The molecule has 20 heavy (non-hydrogen) atoms. The molecule has 0 aliphatic carbocycles. The van der Waals surface area contributed by atoms with Crippen LogP contribution in [0.3, 0.4) is 0 Å². The predicted molar refractivity (Wildman–Crippen MR) is 85.5 cm³/mol. The fourth-order valence-electron chi connectivity index (χ4n) is 1.74. The molecule has 1 aromatic heterocycles. The maximum Gasteiger partial charge on any atom is 0.224 e. The Bertz CT molecular complexity index is 391. The Kier molecular flexibility index (Phi) is 7.25. The van der Waals surface area contributed by atoms with Gasteiger partial charge in [0.25, 0.3) is 0 Å². The lowest BCUT2D eigenvalue weighted by molar-refractivity contribution is 0.405. The van der Waals surface area contributed by atoms with Crippen LogP contribution >= 0.6 is 0 Å². The smallest absolute Gasteiger partial charge is 0.224 e. The summed E-state index contributed by atoms with van der Waals surface area (Å²) in [7, 11) is 8.27. The third-order valence-corrected chi connectivity index (χ3v) is 2.78. The molecule has 6 nitrogen and oxygen atoms in total. The van der Waals surface area contributed by atoms with Gasteiger partial charge in [-0.25, -0.2) is 4.98 Å². The minimum atomic E-state index is 0.696. The highest BCUT2D eigenvalue weighted by Gasteiger charge is 2.02. The molecule has 0 bridgehead atoms. The molecule has 0 fully saturated rings. The molecular weight excluding hydrogens is 252 g/mol. The number of nitrogens with one attached hydrogen (secondary N) is 2. The summed E-state index contributed by atoms with van der Waals surface area (Å²) in [4.78, 5) is 13.2. The number of rotatable bonds is 9. The summed E-state index contributed by atoms with van der Waals surface area (Å²) in [6.07, 6.45) is 1.10. The van der Waals surface area contributed by atoms with Crippen molar-refractivity contribution in [2.45, 2.75) is 13.3 Å². The lowest BCUT2D eigenvalue weighted by atomic mass is 10.4. The molecule has 6 heteroatoms. The summed E-state index contributed by atoms with van der Waals surface area (Å²) in [6.45, 7) is 5.79. The zero-order valence-electron chi connectivity index (χ0n) is 13.4. The van der Waals surface area contributed by atoms with E-state index in [9.17, 15) is 0 Å². The van der Waals surface area contributed by atoms with Crippen LogP contribution in [-0.2, 0) is 0 Å². The number of hydrogen-bond acceptors (Lipinski definition) is 6. The van der Waals surface area contributed by atoms with Crippen LogP contribution in [0.25, 0.3) is 0 Å². The van der Waals surface area contributed by atoms with Crippen molar-refractivity contribution in [1.29, 1.82) is 0 Å². The minimum absolute atomic E-state index is 0.696. The third-order valence-electron chi connectivity index (χ3n) is 2.78. The maximum atomic E-state index is 4.48. The molecule has 0 radical (unpaired) electrons. The van der Waals surface area contributed by atoms with Gasteiger partial charge in [0.1, 0.15) is 5.82 Å². The minimum Gasteiger partial charge on any atom is -0.370 e. The van der Waals surface area contributed by atoms with Gasteiger partial charge < -0.3 is 20.4 Å². The lowest BCUT2D eigenvalue weighted by Crippen LogP contribution is -2.22. The molecule has 1 heterocycles. The van der Waals surface area contributed by atoms with Gasteiger partial charge in [-0.3, -0.25) is 0 Å². The normalized spacial score (nSPS) is 11.2. The number of nitrogens with zero attached hydrogens (tertiary/aromatic N) is 4. The highest BCUT2D eigenvalue weighted by molar-refractivity contribution is 5.42. The molecule has 0 saturated carbocycles. The van der Waals surface area contributed by atoms with E-state index in [-0.39, 0.29) is 0 Å². The van der Waals surface area contributed by atoms with Crippen LogP contribution in [0.4, 0.5) is 11.8 Å². The summed E-state index contributed by atoms with van der Waals surface area (Å²) in [6, 6.07) is 1.98. The third kappa shape index (κ3) is 7.25. The molecule has 0 amide bonds. The van der Waals surface area contributed by atoms with Gasteiger partial charge in [0.2, 0.25) is 5.95 Å². The van der Waals surface area contributed by atoms with Crippen LogP contribution < -0.4 is 10.6 Å². The monoisotopic (exact) mass is 280 g/mol. The van der Waals surface area contributed by atoms with Gasteiger partial charge in [-0.15, -0.1) is 0 Å². The fraction of sp³-hybridized carbons (Fsp3) is 0.714. The van der Waals surface area contributed by atoms with Gasteiger partial charge in [0, 0.05) is 31.4 Å². The summed E-state index contributed by atoms with van der Waals surface area (Å²) < 4.78 is 0. The molecule has 1 aromatic rings. The highest BCUT2D eigenvalue weighted by atomic mass is 15.2. The van der Waals surface area contributed by atoms with Crippen molar-refractivity contribution in [3.63, 3.8) is 0 Å². The Labute approximate surface area is 122 Å². The molecule has 0 unspecified atom stereocenters. The van der Waals surface area contributed by atoms with Crippen LogP contribution in [0, 0.1) is 6.92 Å². The van der Waals surface area contributed by atoms with E-state index in [1.54, 1.807) is 0 Å². The van der Waals surface area contributed by atoms with E-state index in [0.717, 1.165) is 44.1 Å². The van der Waals surface area contributed by atoms with Crippen molar-refractivity contribution in [3.8, 4) is 0 Å². The largest absolute Gasteiger partial charge is 0.370 e. The second-order valence-electron chi connectivity index (χ2n) is 5.53. The second-order valence-corrected chi connectivity index (χ2v) is 5.53. The topological polar surface area (TPSA) is 56.3 Å². The van der Waals surface area contributed by atoms with Crippen LogP contribution in [-0.4, -0.2) is 74.1 Å². The zero-order valence-corrected chi connectivity index (χ0v) is 13.4. The van der Waals surface area contributed by atoms with E-state index in [4.69, 9.17) is 0 Å². The second kappa shape index (κ2) is 8.71. The van der Waals surface area contributed by atoms with Crippen LogP contribution in [0.15, 0.2) is 6.07 Å². The van der Waals surface area contributed by atoms with Gasteiger partial charge in [-0.1, -0.05) is 0 Å². The first-order valence-corrected chi connectivity index (χ1v) is 7.10. The van der Waals surface area contributed by atoms with Crippen LogP contribution in [0.1, 0.15) is 12.1 Å². The summed E-state index contributed by atoms with van der Waals surface area (Å²) in [5.74, 6) is 1.59. The van der Waals surface area contributed by atoms with Crippen molar-refractivity contribution < 1.29 is 0 Å². The van der Waals surface area contributed by atoms with Gasteiger partial charge in [0.05, 0.1) is 0 Å². The molecule has 2 N–H and O–H groups in total. The highest BCUT2D eigenvalue weighted by Crippen LogP contribution is 2.09. The number of anilines is 2. The molecule has 114 valence electrons. The molecule has 0 saturated heterocycles. The quantitative estimate of drug-likeness (QED) is 0.661. The van der Waals surface area contributed by atoms with Gasteiger partial charge in [0.15, 0.2) is 0 Å². The molecule has 0 spiro atoms. The van der Waals surface area contributed by atoms with Gasteiger partial charge in [-0.05, 0) is 48.1 Å². The standard InChI is InChI=1S/C14H28N6/c1-12-11-13(15-7-6-9-19(2)3)18-14(17-12)16-8-10-20(4)5/h11H,6-10H2,1-5H3,(H2,15,16,17,18). The van der Waals surface area contributed by atoms with Gasteiger partial charge in [-0.2, -0.15) is 4.98 Å². The van der Waals surface area contributed by atoms with Crippen molar-refractivity contribution in [2.75, 3.05) is 65.0 Å². The van der Waals surface area contributed by atoms with Crippen molar-refractivity contribution in [2.24, 2.45) is 0 Å². The summed E-state index contributed by atoms with van der Waals surface area (Å²) in [5.41, 5.74) is 0.975. The molecule has 0 aliphatic heterocycles. The average molecular weight is 280 g/mol.